The molecule has 3 heterocycles. The van der Waals surface area contributed by atoms with Crippen molar-refractivity contribution in [3.8, 4) is 28.3 Å². The van der Waals surface area contributed by atoms with E-state index in [4.69, 9.17) is 0 Å². The van der Waals surface area contributed by atoms with Gasteiger partial charge in [0.05, 0.1) is 23.9 Å². The highest BCUT2D eigenvalue weighted by Crippen LogP contribution is 2.35. The van der Waals surface area contributed by atoms with Gasteiger partial charge in [0.1, 0.15) is 11.6 Å². The molecule has 0 spiro atoms. The Kier molecular flexibility index (Phi) is 5.21. The van der Waals surface area contributed by atoms with Crippen LogP contribution in [0.5, 0.6) is 5.75 Å². The fourth-order valence-corrected chi connectivity index (χ4v) is 4.76. The van der Waals surface area contributed by atoms with Crippen LogP contribution < -0.4 is 10.2 Å². The van der Waals surface area contributed by atoms with Crippen molar-refractivity contribution in [1.29, 1.82) is 0 Å². The summed E-state index contributed by atoms with van der Waals surface area (Å²) in [5.41, 5.74) is 1.78. The number of hydrogen-bond donors (Lipinski definition) is 3. The van der Waals surface area contributed by atoms with Gasteiger partial charge in [-0.25, -0.2) is 9.37 Å². The molecular formula is C23H29FN6O. The molecule has 2 aromatic heterocycles. The van der Waals surface area contributed by atoms with E-state index in [2.05, 4.69) is 58.1 Å². The third kappa shape index (κ3) is 4.39. The number of halogens is 1. The summed E-state index contributed by atoms with van der Waals surface area (Å²) in [6.07, 6.45) is 4.99. The third-order valence-electron chi connectivity index (χ3n) is 5.88. The Labute approximate surface area is 181 Å². The molecule has 1 aliphatic heterocycles. The zero-order valence-electron chi connectivity index (χ0n) is 18.6. The average Bonchev–Trinajstić information content (AvgIpc) is 3.20. The monoisotopic (exact) mass is 424 g/mol. The molecule has 8 heteroatoms. The first-order valence-corrected chi connectivity index (χ1v) is 10.4. The van der Waals surface area contributed by atoms with Crippen LogP contribution in [-0.4, -0.2) is 49.4 Å². The Bertz CT molecular complexity index is 1050. The largest absolute Gasteiger partial charge is 0.507 e. The lowest BCUT2D eigenvalue weighted by Gasteiger charge is -2.49. The first-order chi connectivity index (χ1) is 14.5. The molecule has 7 nitrogen and oxygen atoms in total. The molecule has 31 heavy (non-hydrogen) atoms. The van der Waals surface area contributed by atoms with Gasteiger partial charge in [-0.1, -0.05) is 0 Å². The van der Waals surface area contributed by atoms with Crippen LogP contribution in [0.3, 0.4) is 0 Å². The molecular weight excluding hydrogens is 395 g/mol. The smallest absolute Gasteiger partial charge is 0.151 e. The van der Waals surface area contributed by atoms with Crippen molar-refractivity contribution in [3.63, 3.8) is 0 Å². The van der Waals surface area contributed by atoms with Crippen molar-refractivity contribution >= 4 is 5.82 Å². The Morgan fingerprint density at radius 1 is 1.06 bits per heavy atom. The van der Waals surface area contributed by atoms with Crippen LogP contribution in [0.15, 0.2) is 36.8 Å². The standard InChI is InChI=1S/C23H29FN6O/c1-22(2)10-14(11-23(3,4)29-22)30(5)21-7-6-18(27-28-21)16-8-15(17(24)9-20(16)31)19-12-25-13-26-19/h6-9,12-14,29,31H,10-11H2,1-5H3,(H,25,26). The molecule has 4 rings (SSSR count). The second-order valence-electron chi connectivity index (χ2n) is 9.66. The lowest BCUT2D eigenvalue weighted by Crippen LogP contribution is -2.62. The lowest BCUT2D eigenvalue weighted by atomic mass is 9.79. The molecule has 1 aromatic carbocycles. The predicted octanol–water partition coefficient (Wildman–Crippen LogP) is 4.12. The van der Waals surface area contributed by atoms with E-state index in [9.17, 15) is 9.50 Å². The number of aromatic hydroxyl groups is 1. The van der Waals surface area contributed by atoms with E-state index < -0.39 is 5.82 Å². The molecule has 0 atom stereocenters. The molecule has 1 fully saturated rings. The Hall–Kier alpha value is -3.00. The van der Waals surface area contributed by atoms with Crippen molar-refractivity contribution < 1.29 is 9.50 Å². The van der Waals surface area contributed by atoms with Gasteiger partial charge in [0.15, 0.2) is 5.82 Å². The van der Waals surface area contributed by atoms with Gasteiger partial charge >= 0.3 is 0 Å². The van der Waals surface area contributed by atoms with Gasteiger partial charge in [0.25, 0.3) is 0 Å². The second kappa shape index (κ2) is 7.60. The Morgan fingerprint density at radius 3 is 2.35 bits per heavy atom. The topological polar surface area (TPSA) is 90.0 Å². The summed E-state index contributed by atoms with van der Waals surface area (Å²) < 4.78 is 14.4. The highest BCUT2D eigenvalue weighted by molar-refractivity contribution is 5.74. The first-order valence-electron chi connectivity index (χ1n) is 10.4. The van der Waals surface area contributed by atoms with Gasteiger partial charge in [0.2, 0.25) is 0 Å². The van der Waals surface area contributed by atoms with E-state index in [1.165, 1.54) is 12.5 Å². The summed E-state index contributed by atoms with van der Waals surface area (Å²) in [6, 6.07) is 6.66. The summed E-state index contributed by atoms with van der Waals surface area (Å²) >= 11 is 0. The van der Waals surface area contributed by atoms with Gasteiger partial charge < -0.3 is 20.3 Å². The van der Waals surface area contributed by atoms with Crippen LogP contribution in [0.1, 0.15) is 40.5 Å². The number of piperidine rings is 1. The highest BCUT2D eigenvalue weighted by atomic mass is 19.1. The second-order valence-corrected chi connectivity index (χ2v) is 9.66. The van der Waals surface area contributed by atoms with E-state index in [0.29, 0.717) is 28.6 Å². The molecule has 0 bridgehead atoms. The fraction of sp³-hybridized carbons (Fsp3) is 0.435. The number of aromatic nitrogens is 4. The Balaban J connectivity index is 1.61. The van der Waals surface area contributed by atoms with Gasteiger partial charge in [0, 0.05) is 41.4 Å². The van der Waals surface area contributed by atoms with Gasteiger partial charge in [-0.3, -0.25) is 0 Å². The number of aromatic amines is 1. The van der Waals surface area contributed by atoms with Crippen LogP contribution in [0, 0.1) is 5.82 Å². The minimum atomic E-state index is -0.536. The van der Waals surface area contributed by atoms with E-state index in [1.54, 1.807) is 12.1 Å². The zero-order valence-corrected chi connectivity index (χ0v) is 18.6. The number of benzene rings is 1. The minimum Gasteiger partial charge on any atom is -0.507 e. The third-order valence-corrected chi connectivity index (χ3v) is 5.88. The maximum atomic E-state index is 14.4. The first kappa shape index (κ1) is 21.2. The fourth-order valence-electron chi connectivity index (χ4n) is 4.76. The number of hydrogen-bond acceptors (Lipinski definition) is 6. The van der Waals surface area contributed by atoms with Crippen molar-refractivity contribution in [2.75, 3.05) is 11.9 Å². The highest BCUT2D eigenvalue weighted by Gasteiger charge is 2.39. The van der Waals surface area contributed by atoms with E-state index in [1.807, 2.05) is 13.1 Å². The quantitative estimate of drug-likeness (QED) is 0.584. The molecule has 0 radical (unpaired) electrons. The molecule has 164 valence electrons. The molecule has 1 saturated heterocycles. The predicted molar refractivity (Wildman–Crippen MR) is 119 cm³/mol. The number of rotatable bonds is 4. The maximum Gasteiger partial charge on any atom is 0.151 e. The number of phenolic OH excluding ortho intramolecular Hbond substituents is 1. The number of anilines is 1. The SMILES string of the molecule is CN(c1ccc(-c2cc(-c3cnc[nH]3)c(F)cc2O)nn1)C1CC(C)(C)NC(C)(C)C1. The van der Waals surface area contributed by atoms with Gasteiger partial charge in [-0.05, 0) is 58.7 Å². The summed E-state index contributed by atoms with van der Waals surface area (Å²) in [4.78, 5) is 8.99. The van der Waals surface area contributed by atoms with Crippen LogP contribution in [0.4, 0.5) is 10.2 Å². The number of imidazole rings is 1. The number of H-pyrrole nitrogens is 1. The molecule has 0 aliphatic carbocycles. The normalized spacial score (nSPS) is 18.1. The molecule has 0 amide bonds. The summed E-state index contributed by atoms with van der Waals surface area (Å²) in [6.45, 7) is 8.88. The molecule has 1 aliphatic rings. The van der Waals surface area contributed by atoms with Gasteiger partial charge in [-0.15, -0.1) is 10.2 Å². The van der Waals surface area contributed by atoms with Crippen LogP contribution in [-0.2, 0) is 0 Å². The molecule has 3 aromatic rings. The molecule has 0 saturated carbocycles. The van der Waals surface area contributed by atoms with Crippen molar-refractivity contribution in [1.82, 2.24) is 25.5 Å². The van der Waals surface area contributed by atoms with E-state index >= 15 is 0 Å². The Morgan fingerprint density at radius 2 is 1.77 bits per heavy atom. The minimum absolute atomic E-state index is 0.0248. The van der Waals surface area contributed by atoms with Crippen LogP contribution in [0.2, 0.25) is 0 Å². The van der Waals surface area contributed by atoms with Crippen LogP contribution in [0.25, 0.3) is 22.5 Å². The van der Waals surface area contributed by atoms with Crippen molar-refractivity contribution in [2.24, 2.45) is 0 Å². The number of nitrogens with zero attached hydrogens (tertiary/aromatic N) is 4. The zero-order chi connectivity index (χ0) is 22.4. The molecule has 3 N–H and O–H groups in total. The average molecular weight is 425 g/mol. The number of phenols is 1. The summed E-state index contributed by atoms with van der Waals surface area (Å²) in [5, 5.41) is 22.8. The van der Waals surface area contributed by atoms with Gasteiger partial charge in [-0.2, -0.15) is 0 Å². The lowest BCUT2D eigenvalue weighted by molar-refractivity contribution is 0.160. The number of nitrogens with one attached hydrogen (secondary N) is 2. The van der Waals surface area contributed by atoms with Crippen molar-refractivity contribution in [2.45, 2.75) is 57.7 Å². The van der Waals surface area contributed by atoms with E-state index in [0.717, 1.165) is 24.7 Å². The summed E-state index contributed by atoms with van der Waals surface area (Å²) in [5.74, 6) is 0.0432. The van der Waals surface area contributed by atoms with E-state index in [-0.39, 0.29) is 16.8 Å². The molecule has 0 unspecified atom stereocenters. The van der Waals surface area contributed by atoms with Crippen molar-refractivity contribution in [3.05, 3.63) is 42.6 Å². The maximum absolute atomic E-state index is 14.4. The van der Waals surface area contributed by atoms with Crippen LogP contribution >= 0.6 is 0 Å². The summed E-state index contributed by atoms with van der Waals surface area (Å²) in [7, 11) is 2.04.